The first kappa shape index (κ1) is 40.7. The van der Waals surface area contributed by atoms with E-state index in [9.17, 15) is 0 Å². The molecule has 0 unspecified atom stereocenters. The average molecular weight is 738 g/mol. The van der Waals surface area contributed by atoms with E-state index in [1.54, 1.807) is 41.5 Å². The van der Waals surface area contributed by atoms with Gasteiger partial charge in [-0.3, -0.25) is 0 Å². The fraction of sp³-hybridized carbons (Fsp3) is 1.00. The van der Waals surface area contributed by atoms with Crippen molar-refractivity contribution in [2.45, 2.75) is 80.1 Å². The van der Waals surface area contributed by atoms with E-state index in [4.69, 9.17) is 27.1 Å². The summed E-state index contributed by atoms with van der Waals surface area (Å²) in [6.45, 7) is 6.60. The Morgan fingerprint density at radius 2 is 0.429 bits per heavy atom. The lowest BCUT2D eigenvalue weighted by Gasteiger charge is -2.23. The van der Waals surface area contributed by atoms with Gasteiger partial charge in [-0.05, 0) is 38.5 Å². The maximum Gasteiger partial charge on any atom is 0.387 e. The molecule has 1 aliphatic rings. The van der Waals surface area contributed by atoms with Crippen LogP contribution in [0.2, 0.25) is 0 Å². The van der Waals surface area contributed by atoms with Crippen LogP contribution in [-0.2, 0) is 27.1 Å². The molecule has 0 aromatic rings. The number of nitrogens with zero attached hydrogens (tertiary/aromatic N) is 6. The number of rotatable bonds is 18. The Bertz CT molecular complexity index is 944. The van der Waals surface area contributed by atoms with Crippen molar-refractivity contribution in [2.75, 3.05) is 39.6 Å². The highest BCUT2D eigenvalue weighted by Gasteiger charge is 2.42. The quantitative estimate of drug-likeness (QED) is 0.102. The first-order valence-electron chi connectivity index (χ1n) is 13.5. The molecule has 0 atom stereocenters. The number of hydrogen-bond donors (Lipinski definition) is 0. The van der Waals surface area contributed by atoms with Gasteiger partial charge in [0.25, 0.3) is 0 Å². The molecular formula is C18H42F6N6O6P6. The van der Waals surface area contributed by atoms with Crippen LogP contribution in [0.3, 0.4) is 0 Å². The van der Waals surface area contributed by atoms with Gasteiger partial charge >= 0.3 is 46.5 Å². The Hall–Kier alpha value is 0.720. The first-order valence-corrected chi connectivity index (χ1v) is 22.5. The molecule has 12 nitrogen and oxygen atoms in total. The summed E-state index contributed by atoms with van der Waals surface area (Å²) < 4.78 is 148. The summed E-state index contributed by atoms with van der Waals surface area (Å²) in [7, 11) is -33.1. The van der Waals surface area contributed by atoms with Gasteiger partial charge in [0.1, 0.15) is 0 Å². The predicted octanol–water partition coefficient (Wildman–Crippen LogP) is 14.1. The zero-order valence-electron chi connectivity index (χ0n) is 24.6. The second-order valence-corrected chi connectivity index (χ2v) is 19.9. The molecule has 0 aromatic carbocycles. The van der Waals surface area contributed by atoms with Crippen molar-refractivity contribution in [1.29, 1.82) is 0 Å². The Labute approximate surface area is 245 Å². The molecule has 0 saturated heterocycles. The molecule has 0 aliphatic carbocycles. The van der Waals surface area contributed by atoms with Gasteiger partial charge < -0.3 is 27.1 Å². The molecular weight excluding hydrogens is 696 g/mol. The van der Waals surface area contributed by atoms with E-state index >= 15 is 25.2 Å². The molecule has 252 valence electrons. The number of halogens is 6. The molecule has 0 amide bonds. The smallest absolute Gasteiger partial charge is 0.303 e. The largest absolute Gasteiger partial charge is 0.387 e. The third kappa shape index (κ3) is 14.4. The molecule has 0 bridgehead atoms. The zero-order valence-corrected chi connectivity index (χ0v) is 29.9. The molecule has 42 heavy (non-hydrogen) atoms. The Morgan fingerprint density at radius 1 is 0.310 bits per heavy atom. The molecule has 0 aromatic heterocycles. The Morgan fingerprint density at radius 3 is 0.524 bits per heavy atom. The monoisotopic (exact) mass is 738 g/mol. The van der Waals surface area contributed by atoms with Crippen LogP contribution in [-0.4, -0.2) is 39.6 Å². The van der Waals surface area contributed by atoms with E-state index in [-0.39, 0.29) is 38.5 Å². The lowest BCUT2D eigenvalue weighted by molar-refractivity contribution is 0.306. The standard InChI is InChI=1S/C18H42F6N6O6P6/c1-7-13-31-37(19)25-38(20,32-14-8-2)27-40(22,34-16-10-4)29-42(24,36-18-12-6)30-41(23,35-17-11-5)28-39(21,26-37)33-15-9-3/h7-18H2,1-6H3. The Balaban J connectivity index is 4.52. The zero-order chi connectivity index (χ0) is 32.0. The summed E-state index contributed by atoms with van der Waals surface area (Å²) in [5.41, 5.74) is 0. The maximum absolute atomic E-state index is 16.3. The van der Waals surface area contributed by atoms with E-state index in [0.29, 0.717) is 0 Å². The van der Waals surface area contributed by atoms with Crippen molar-refractivity contribution in [3.05, 3.63) is 0 Å². The van der Waals surface area contributed by atoms with Crippen molar-refractivity contribution in [3.8, 4) is 0 Å². The van der Waals surface area contributed by atoms with E-state index in [1.165, 1.54) is 0 Å². The Kier molecular flexibility index (Phi) is 18.2. The molecule has 1 aliphatic heterocycles. The van der Waals surface area contributed by atoms with Gasteiger partial charge in [0.05, 0.1) is 39.6 Å². The van der Waals surface area contributed by atoms with Crippen LogP contribution < -0.4 is 0 Å². The molecule has 0 radical (unpaired) electrons. The van der Waals surface area contributed by atoms with Gasteiger partial charge in [0.15, 0.2) is 0 Å². The molecule has 0 saturated carbocycles. The summed E-state index contributed by atoms with van der Waals surface area (Å²) in [5, 5.41) is 0. The second kappa shape index (κ2) is 18.8. The van der Waals surface area contributed by atoms with Gasteiger partial charge in [-0.15, -0.1) is 27.1 Å². The topological polar surface area (TPSA) is 130 Å². The van der Waals surface area contributed by atoms with Gasteiger partial charge in [-0.25, -0.2) is 0 Å². The van der Waals surface area contributed by atoms with Crippen LogP contribution in [0, 0.1) is 0 Å². The van der Waals surface area contributed by atoms with Crippen LogP contribution in [0.4, 0.5) is 25.2 Å². The summed E-state index contributed by atoms with van der Waals surface area (Å²) in [4.78, 5) is 0. The third-order valence-corrected chi connectivity index (χ3v) is 17.7. The van der Waals surface area contributed by atoms with Crippen LogP contribution in [0.5, 0.6) is 0 Å². The summed E-state index contributed by atoms with van der Waals surface area (Å²) in [6, 6.07) is 0. The highest BCUT2D eigenvalue weighted by atomic mass is 31.3. The van der Waals surface area contributed by atoms with E-state index in [2.05, 4.69) is 27.1 Å². The fourth-order valence-electron chi connectivity index (χ4n) is 2.48. The predicted molar refractivity (Wildman–Crippen MR) is 160 cm³/mol. The molecule has 24 heteroatoms. The van der Waals surface area contributed by atoms with Gasteiger partial charge in [-0.1, -0.05) is 41.5 Å². The van der Waals surface area contributed by atoms with Crippen LogP contribution in [0.25, 0.3) is 0 Å². The van der Waals surface area contributed by atoms with E-state index in [0.717, 1.165) is 0 Å². The van der Waals surface area contributed by atoms with Gasteiger partial charge in [0, 0.05) is 0 Å². The molecule has 0 N–H and O–H groups in total. The first-order chi connectivity index (χ1) is 19.6. The number of hydrogen-bond acceptors (Lipinski definition) is 12. The molecule has 1 heterocycles. The summed E-state index contributed by atoms with van der Waals surface area (Å²) in [5.74, 6) is 0. The van der Waals surface area contributed by atoms with Crippen LogP contribution in [0.1, 0.15) is 80.1 Å². The van der Waals surface area contributed by atoms with Crippen molar-refractivity contribution >= 4 is 46.5 Å². The highest BCUT2D eigenvalue weighted by molar-refractivity contribution is 7.78. The minimum absolute atomic E-state index is 0.139. The summed E-state index contributed by atoms with van der Waals surface area (Å²) in [6.07, 6.45) is 0.832. The highest BCUT2D eigenvalue weighted by Crippen LogP contribution is 2.82. The van der Waals surface area contributed by atoms with Crippen molar-refractivity contribution < 1.29 is 52.3 Å². The lowest BCUT2D eigenvalue weighted by atomic mass is 10.5. The fourth-order valence-corrected chi connectivity index (χ4v) is 16.8. The van der Waals surface area contributed by atoms with Gasteiger partial charge in [0.2, 0.25) is 0 Å². The molecule has 1 rings (SSSR count). The second-order valence-electron chi connectivity index (χ2n) is 8.37. The minimum atomic E-state index is -5.52. The maximum atomic E-state index is 16.3. The third-order valence-electron chi connectivity index (χ3n) is 4.08. The normalized spacial score (nSPS) is 35.7. The average Bonchev–Trinajstić information content (AvgIpc) is 2.89. The minimum Gasteiger partial charge on any atom is -0.303 e. The lowest BCUT2D eigenvalue weighted by Crippen LogP contribution is -1.94. The summed E-state index contributed by atoms with van der Waals surface area (Å²) >= 11 is 0. The van der Waals surface area contributed by atoms with Crippen molar-refractivity contribution in [1.82, 2.24) is 0 Å². The molecule has 0 spiro atoms. The van der Waals surface area contributed by atoms with E-state index < -0.39 is 86.1 Å². The van der Waals surface area contributed by atoms with Crippen LogP contribution >= 0.6 is 46.5 Å². The van der Waals surface area contributed by atoms with Crippen LogP contribution in [0.15, 0.2) is 27.1 Å². The van der Waals surface area contributed by atoms with Gasteiger partial charge in [-0.2, -0.15) is 25.2 Å². The van der Waals surface area contributed by atoms with Crippen molar-refractivity contribution in [2.24, 2.45) is 27.1 Å². The molecule has 0 fully saturated rings. The van der Waals surface area contributed by atoms with Crippen molar-refractivity contribution in [3.63, 3.8) is 0 Å². The SMILES string of the molecule is CCCOP1(F)=NP(F)(OCCC)=NP(F)(OCCC)=NP(F)(OCCC)=NP(F)(OCCC)=NP(F)(OCCC)=N1. The van der Waals surface area contributed by atoms with E-state index in [1.807, 2.05) is 0 Å².